The Morgan fingerprint density at radius 3 is 3.12 bits per heavy atom. The Balaban J connectivity index is 1.57. The largest absolute Gasteiger partial charge is 0.379 e. The van der Waals surface area contributed by atoms with Crippen molar-refractivity contribution in [1.82, 2.24) is 15.6 Å². The molecule has 0 amide bonds. The number of ether oxygens (including phenoxy) is 1. The first kappa shape index (κ1) is 18.5. The molecule has 2 atom stereocenters. The Hall–Kier alpha value is -2.32. The lowest BCUT2D eigenvalue weighted by atomic mass is 9.94. The summed E-state index contributed by atoms with van der Waals surface area (Å²) < 4.78 is 5.37. The van der Waals surface area contributed by atoms with Gasteiger partial charge in [-0.2, -0.15) is 5.10 Å². The Bertz CT molecular complexity index is 617. The van der Waals surface area contributed by atoms with Gasteiger partial charge in [0.2, 0.25) is 5.96 Å². The van der Waals surface area contributed by atoms with E-state index in [-0.39, 0.29) is 12.0 Å². The Morgan fingerprint density at radius 2 is 2.27 bits per heavy atom. The maximum atomic E-state index is 7.15. The molecule has 2 unspecified atom stereocenters. The van der Waals surface area contributed by atoms with Gasteiger partial charge >= 0.3 is 0 Å². The van der Waals surface area contributed by atoms with E-state index in [1.165, 1.54) is 6.21 Å². The van der Waals surface area contributed by atoms with Gasteiger partial charge in [-0.25, -0.2) is 4.99 Å². The molecule has 8 nitrogen and oxygen atoms in total. The lowest BCUT2D eigenvalue weighted by Crippen LogP contribution is -2.37. The topological polar surface area (TPSA) is 97.5 Å². The number of morpholine rings is 1. The highest BCUT2D eigenvalue weighted by Crippen LogP contribution is 2.15. The van der Waals surface area contributed by atoms with E-state index in [1.54, 1.807) is 6.08 Å². The van der Waals surface area contributed by atoms with Gasteiger partial charge in [0.1, 0.15) is 0 Å². The fourth-order valence-electron chi connectivity index (χ4n) is 3.14. The standard InChI is InChI=1S/C18H27N7O/c19-6-1-4-17-15(14-22-24-17)16-5-2-7-20-18(23-16)21-8-3-9-25-10-12-26-13-11-25/h1-2,4,6-7,14-15,17,19,24H,3,5,8-13H2,(H,20,21)/b4-1-,19-6?. The third-order valence-electron chi connectivity index (χ3n) is 4.55. The molecule has 3 aliphatic heterocycles. The van der Waals surface area contributed by atoms with Crippen LogP contribution in [0.15, 0.2) is 39.5 Å². The number of hydrogen-bond acceptors (Lipinski definition) is 6. The lowest BCUT2D eigenvalue weighted by molar-refractivity contribution is 0.0377. The molecule has 0 radical (unpaired) electrons. The number of guanidine groups is 1. The van der Waals surface area contributed by atoms with Crippen molar-refractivity contribution < 1.29 is 4.74 Å². The first-order valence-corrected chi connectivity index (χ1v) is 9.16. The van der Waals surface area contributed by atoms with Gasteiger partial charge in [-0.1, -0.05) is 12.2 Å². The second-order valence-electron chi connectivity index (χ2n) is 6.38. The monoisotopic (exact) mass is 357 g/mol. The summed E-state index contributed by atoms with van der Waals surface area (Å²) in [4.78, 5) is 11.8. The highest BCUT2D eigenvalue weighted by atomic mass is 16.5. The van der Waals surface area contributed by atoms with Gasteiger partial charge in [-0.3, -0.25) is 9.89 Å². The molecule has 0 saturated carbocycles. The van der Waals surface area contributed by atoms with E-state index < -0.39 is 0 Å². The van der Waals surface area contributed by atoms with Gasteiger partial charge in [0.25, 0.3) is 0 Å². The SMILES string of the molecule is N=C/C=C\C1NN=CC1C1=NC(=NCCCN2CCOCC2)NC=CC1. The van der Waals surface area contributed by atoms with Crippen LogP contribution in [0.1, 0.15) is 12.8 Å². The van der Waals surface area contributed by atoms with E-state index in [0.717, 1.165) is 57.9 Å². The van der Waals surface area contributed by atoms with Crippen molar-refractivity contribution in [1.29, 1.82) is 5.41 Å². The predicted molar refractivity (Wildman–Crippen MR) is 105 cm³/mol. The highest BCUT2D eigenvalue weighted by Gasteiger charge is 2.27. The fraction of sp³-hybridized carbons (Fsp3) is 0.556. The van der Waals surface area contributed by atoms with Crippen LogP contribution in [0.5, 0.6) is 0 Å². The predicted octanol–water partition coefficient (Wildman–Crippen LogP) is 0.792. The fourth-order valence-corrected chi connectivity index (χ4v) is 3.14. The molecule has 1 fully saturated rings. The van der Waals surface area contributed by atoms with E-state index in [2.05, 4.69) is 31.8 Å². The Morgan fingerprint density at radius 1 is 1.38 bits per heavy atom. The lowest BCUT2D eigenvalue weighted by Gasteiger charge is -2.26. The molecule has 140 valence electrons. The van der Waals surface area contributed by atoms with Gasteiger partial charge in [-0.05, 0) is 12.5 Å². The van der Waals surface area contributed by atoms with Crippen molar-refractivity contribution in [2.45, 2.75) is 18.9 Å². The first-order valence-electron chi connectivity index (χ1n) is 9.16. The summed E-state index contributed by atoms with van der Waals surface area (Å²) in [6, 6.07) is 0.0319. The Kier molecular flexibility index (Phi) is 7.09. The molecule has 0 aromatic rings. The van der Waals surface area contributed by atoms with Crippen LogP contribution in [0.3, 0.4) is 0 Å². The number of nitrogens with one attached hydrogen (secondary N) is 3. The molecule has 3 heterocycles. The molecule has 0 bridgehead atoms. The van der Waals surface area contributed by atoms with Crippen LogP contribution in [-0.2, 0) is 4.74 Å². The van der Waals surface area contributed by atoms with Gasteiger partial charge in [0, 0.05) is 56.9 Å². The van der Waals surface area contributed by atoms with Crippen molar-refractivity contribution in [3.8, 4) is 0 Å². The maximum Gasteiger partial charge on any atom is 0.221 e. The van der Waals surface area contributed by atoms with Crippen LogP contribution >= 0.6 is 0 Å². The van der Waals surface area contributed by atoms with E-state index in [0.29, 0.717) is 5.96 Å². The molecule has 8 heteroatoms. The molecular formula is C18H27N7O. The van der Waals surface area contributed by atoms with Crippen molar-refractivity contribution >= 4 is 24.1 Å². The molecule has 0 aromatic carbocycles. The average Bonchev–Trinajstić information content (AvgIpc) is 3.02. The van der Waals surface area contributed by atoms with E-state index in [9.17, 15) is 0 Å². The van der Waals surface area contributed by atoms with Crippen molar-refractivity contribution in [3.05, 3.63) is 24.4 Å². The number of hydrazone groups is 1. The second kappa shape index (κ2) is 9.98. The summed E-state index contributed by atoms with van der Waals surface area (Å²) >= 11 is 0. The summed E-state index contributed by atoms with van der Waals surface area (Å²) in [6.45, 7) is 5.48. The summed E-state index contributed by atoms with van der Waals surface area (Å²) in [7, 11) is 0. The number of nitrogens with zero attached hydrogens (tertiary/aromatic N) is 4. The normalized spacial score (nSPS) is 28.0. The molecular weight excluding hydrogens is 330 g/mol. The molecule has 3 N–H and O–H groups in total. The first-order chi connectivity index (χ1) is 12.9. The van der Waals surface area contributed by atoms with Crippen molar-refractivity contribution in [2.75, 3.05) is 39.4 Å². The zero-order valence-corrected chi connectivity index (χ0v) is 15.0. The maximum absolute atomic E-state index is 7.15. The van der Waals surface area contributed by atoms with Crippen LogP contribution in [0.2, 0.25) is 0 Å². The van der Waals surface area contributed by atoms with E-state index in [4.69, 9.17) is 15.1 Å². The van der Waals surface area contributed by atoms with Crippen molar-refractivity contribution in [3.63, 3.8) is 0 Å². The van der Waals surface area contributed by atoms with Crippen LogP contribution in [0, 0.1) is 11.3 Å². The molecule has 26 heavy (non-hydrogen) atoms. The number of aliphatic imine (C=N–C) groups is 2. The summed E-state index contributed by atoms with van der Waals surface area (Å²) in [5.74, 6) is 0.736. The number of allylic oxidation sites excluding steroid dienone is 2. The summed E-state index contributed by atoms with van der Waals surface area (Å²) in [6.07, 6.45) is 12.5. The molecule has 3 rings (SSSR count). The zero-order valence-electron chi connectivity index (χ0n) is 15.0. The van der Waals surface area contributed by atoms with E-state index >= 15 is 0 Å². The molecule has 0 spiro atoms. The van der Waals surface area contributed by atoms with Crippen LogP contribution < -0.4 is 10.7 Å². The molecule has 0 aromatic heterocycles. The van der Waals surface area contributed by atoms with Gasteiger partial charge in [0.05, 0.1) is 25.2 Å². The van der Waals surface area contributed by atoms with Gasteiger partial charge < -0.3 is 20.9 Å². The number of rotatable bonds is 7. The smallest absolute Gasteiger partial charge is 0.221 e. The van der Waals surface area contributed by atoms with Crippen LogP contribution in [0.4, 0.5) is 0 Å². The van der Waals surface area contributed by atoms with Gasteiger partial charge in [0.15, 0.2) is 0 Å². The van der Waals surface area contributed by atoms with E-state index in [1.807, 2.05) is 18.5 Å². The molecule has 3 aliphatic rings. The van der Waals surface area contributed by atoms with Crippen LogP contribution in [-0.4, -0.2) is 74.4 Å². The minimum atomic E-state index is 0.0319. The summed E-state index contributed by atoms with van der Waals surface area (Å²) in [5.41, 5.74) is 4.08. The molecule has 0 aliphatic carbocycles. The third kappa shape index (κ3) is 5.34. The third-order valence-corrected chi connectivity index (χ3v) is 4.55. The number of hydrogen-bond donors (Lipinski definition) is 3. The van der Waals surface area contributed by atoms with Crippen molar-refractivity contribution in [2.24, 2.45) is 21.0 Å². The average molecular weight is 357 g/mol. The molecule has 1 saturated heterocycles. The highest BCUT2D eigenvalue weighted by molar-refractivity contribution is 6.07. The minimum absolute atomic E-state index is 0.0319. The minimum Gasteiger partial charge on any atom is -0.379 e. The zero-order chi connectivity index (χ0) is 18.0. The Labute approximate surface area is 154 Å². The summed E-state index contributed by atoms with van der Waals surface area (Å²) in [5, 5.41) is 14.5. The van der Waals surface area contributed by atoms with Crippen LogP contribution in [0.25, 0.3) is 0 Å². The van der Waals surface area contributed by atoms with Gasteiger partial charge in [-0.15, -0.1) is 0 Å². The second-order valence-corrected chi connectivity index (χ2v) is 6.38. The quantitative estimate of drug-likeness (QED) is 0.464.